The van der Waals surface area contributed by atoms with E-state index in [4.69, 9.17) is 23.2 Å². The number of nitrogens with one attached hydrogen (secondary N) is 1. The van der Waals surface area contributed by atoms with E-state index in [0.717, 1.165) is 32.4 Å². The predicted molar refractivity (Wildman–Crippen MR) is 73.4 cm³/mol. The first kappa shape index (κ1) is 12.5. The molecule has 1 saturated heterocycles. The molecule has 2 nitrogen and oxygen atoms in total. The normalized spacial score (nSPS) is 25.1. The van der Waals surface area contributed by atoms with Crippen molar-refractivity contribution in [3.63, 3.8) is 0 Å². The Kier molecular flexibility index (Phi) is 3.13. The number of piperidine rings is 1. The molecular weight excluding hydrogens is 269 g/mol. The molecule has 1 aliphatic carbocycles. The third-order valence-electron chi connectivity index (χ3n) is 4.30. The zero-order chi connectivity index (χ0) is 12.8. The van der Waals surface area contributed by atoms with Gasteiger partial charge in [-0.05, 0) is 56.0 Å². The van der Waals surface area contributed by atoms with Crippen LogP contribution in [0.25, 0.3) is 0 Å². The predicted octanol–water partition coefficient (Wildman–Crippen LogP) is 3.57. The van der Waals surface area contributed by atoms with Gasteiger partial charge in [0.25, 0.3) is 0 Å². The quantitative estimate of drug-likeness (QED) is 0.841. The first-order chi connectivity index (χ1) is 8.62. The molecule has 1 atom stereocenters. The average Bonchev–Trinajstić information content (AvgIpc) is 3.06. The number of hydrogen-bond acceptors (Lipinski definition) is 2. The van der Waals surface area contributed by atoms with Gasteiger partial charge in [0.2, 0.25) is 0 Å². The highest BCUT2D eigenvalue weighted by Crippen LogP contribution is 2.59. The fraction of sp³-hybridized carbons (Fsp3) is 0.500. The SMILES string of the molecule is O=C(c1cc(Cl)ccc1Cl)C1CC12CCNCC2. The van der Waals surface area contributed by atoms with E-state index in [-0.39, 0.29) is 17.1 Å². The topological polar surface area (TPSA) is 29.1 Å². The fourth-order valence-corrected chi connectivity index (χ4v) is 3.45. The van der Waals surface area contributed by atoms with Gasteiger partial charge in [0.15, 0.2) is 5.78 Å². The second-order valence-corrected chi connectivity index (χ2v) is 6.20. The number of carbonyl (C=O) groups excluding carboxylic acids is 1. The van der Waals surface area contributed by atoms with Crippen molar-refractivity contribution >= 4 is 29.0 Å². The third-order valence-corrected chi connectivity index (χ3v) is 4.86. The first-order valence-electron chi connectivity index (χ1n) is 6.32. The van der Waals surface area contributed by atoms with Gasteiger partial charge in [-0.25, -0.2) is 0 Å². The van der Waals surface area contributed by atoms with Gasteiger partial charge >= 0.3 is 0 Å². The molecule has 96 valence electrons. The fourth-order valence-electron chi connectivity index (χ4n) is 3.07. The van der Waals surface area contributed by atoms with Crippen molar-refractivity contribution in [2.75, 3.05) is 13.1 Å². The summed E-state index contributed by atoms with van der Waals surface area (Å²) in [5.41, 5.74) is 0.832. The highest BCUT2D eigenvalue weighted by molar-refractivity contribution is 6.36. The van der Waals surface area contributed by atoms with Crippen LogP contribution < -0.4 is 5.32 Å². The van der Waals surface area contributed by atoms with Crippen LogP contribution in [0.1, 0.15) is 29.6 Å². The van der Waals surface area contributed by atoms with Crippen molar-refractivity contribution in [3.8, 4) is 0 Å². The molecule has 3 rings (SSSR count). The molecule has 1 aromatic carbocycles. The molecule has 0 radical (unpaired) electrons. The Morgan fingerprint density at radius 1 is 1.28 bits per heavy atom. The highest BCUT2D eigenvalue weighted by Gasteiger charge is 2.57. The summed E-state index contributed by atoms with van der Waals surface area (Å²) in [6.07, 6.45) is 3.21. The number of halogens is 2. The number of hydrogen-bond donors (Lipinski definition) is 1. The molecule has 18 heavy (non-hydrogen) atoms. The van der Waals surface area contributed by atoms with Crippen LogP contribution in [-0.2, 0) is 0 Å². The Balaban J connectivity index is 1.82. The molecule has 1 aliphatic heterocycles. The largest absolute Gasteiger partial charge is 0.317 e. The molecule has 1 aromatic rings. The Hall–Kier alpha value is -0.570. The van der Waals surface area contributed by atoms with Gasteiger partial charge in [0.1, 0.15) is 0 Å². The maximum absolute atomic E-state index is 12.5. The van der Waals surface area contributed by atoms with Crippen LogP contribution in [0.2, 0.25) is 10.0 Å². The van der Waals surface area contributed by atoms with E-state index in [9.17, 15) is 4.79 Å². The minimum absolute atomic E-state index is 0.149. The summed E-state index contributed by atoms with van der Waals surface area (Å²) in [5.74, 6) is 0.319. The molecule has 4 heteroatoms. The lowest BCUT2D eigenvalue weighted by molar-refractivity contribution is 0.0941. The molecule has 0 aromatic heterocycles. The van der Waals surface area contributed by atoms with Crippen molar-refractivity contribution in [3.05, 3.63) is 33.8 Å². The summed E-state index contributed by atoms with van der Waals surface area (Å²) < 4.78 is 0. The summed E-state index contributed by atoms with van der Waals surface area (Å²) in [5, 5.41) is 4.43. The van der Waals surface area contributed by atoms with E-state index in [2.05, 4.69) is 5.32 Å². The van der Waals surface area contributed by atoms with Crippen LogP contribution in [0, 0.1) is 11.3 Å². The van der Waals surface area contributed by atoms with E-state index in [1.165, 1.54) is 0 Å². The Morgan fingerprint density at radius 3 is 2.72 bits per heavy atom. The van der Waals surface area contributed by atoms with Crippen LogP contribution in [0.15, 0.2) is 18.2 Å². The number of carbonyl (C=O) groups is 1. The summed E-state index contributed by atoms with van der Waals surface area (Å²) in [7, 11) is 0. The van der Waals surface area contributed by atoms with Gasteiger partial charge in [0, 0.05) is 16.5 Å². The highest BCUT2D eigenvalue weighted by atomic mass is 35.5. The van der Waals surface area contributed by atoms with E-state index in [1.807, 2.05) is 0 Å². The van der Waals surface area contributed by atoms with Crippen molar-refractivity contribution in [1.82, 2.24) is 5.32 Å². The van der Waals surface area contributed by atoms with E-state index < -0.39 is 0 Å². The first-order valence-corrected chi connectivity index (χ1v) is 7.08. The summed E-state index contributed by atoms with van der Waals surface area (Å²) >= 11 is 12.0. The third kappa shape index (κ3) is 2.07. The molecule has 2 aliphatic rings. The van der Waals surface area contributed by atoms with Crippen LogP contribution >= 0.6 is 23.2 Å². The van der Waals surface area contributed by atoms with Crippen molar-refractivity contribution in [2.24, 2.45) is 11.3 Å². The molecule has 0 amide bonds. The number of rotatable bonds is 2. The van der Waals surface area contributed by atoms with E-state index in [1.54, 1.807) is 18.2 Å². The second kappa shape index (κ2) is 4.52. The molecule has 1 saturated carbocycles. The monoisotopic (exact) mass is 283 g/mol. The van der Waals surface area contributed by atoms with Gasteiger partial charge in [0.05, 0.1) is 5.02 Å². The molecule has 1 N–H and O–H groups in total. The van der Waals surface area contributed by atoms with Crippen LogP contribution in [0.5, 0.6) is 0 Å². The molecular formula is C14H15Cl2NO. The zero-order valence-electron chi connectivity index (χ0n) is 10.0. The van der Waals surface area contributed by atoms with Crippen molar-refractivity contribution in [1.29, 1.82) is 0 Å². The van der Waals surface area contributed by atoms with Crippen molar-refractivity contribution in [2.45, 2.75) is 19.3 Å². The van der Waals surface area contributed by atoms with Gasteiger partial charge < -0.3 is 5.32 Å². The summed E-state index contributed by atoms with van der Waals surface area (Å²) in [4.78, 5) is 12.5. The van der Waals surface area contributed by atoms with Crippen LogP contribution in [0.4, 0.5) is 0 Å². The van der Waals surface area contributed by atoms with Gasteiger partial charge in [-0.2, -0.15) is 0 Å². The second-order valence-electron chi connectivity index (χ2n) is 5.36. The molecule has 1 unspecified atom stereocenters. The molecule has 1 heterocycles. The number of Topliss-reactive ketones (excluding diaryl/α,β-unsaturated/α-hetero) is 1. The zero-order valence-corrected chi connectivity index (χ0v) is 11.5. The van der Waals surface area contributed by atoms with Crippen LogP contribution in [0.3, 0.4) is 0 Å². The number of benzene rings is 1. The minimum Gasteiger partial charge on any atom is -0.317 e. The standard InChI is InChI=1S/C14H15Cl2NO/c15-9-1-2-12(16)10(7-9)13(18)11-8-14(11)3-5-17-6-4-14/h1-2,7,11,17H,3-6,8H2. The Bertz CT molecular complexity index is 495. The van der Waals surface area contributed by atoms with E-state index in [0.29, 0.717) is 15.6 Å². The van der Waals surface area contributed by atoms with Crippen LogP contribution in [-0.4, -0.2) is 18.9 Å². The smallest absolute Gasteiger partial charge is 0.168 e. The summed E-state index contributed by atoms with van der Waals surface area (Å²) in [6.45, 7) is 2.04. The van der Waals surface area contributed by atoms with E-state index >= 15 is 0 Å². The maximum atomic E-state index is 12.5. The van der Waals surface area contributed by atoms with Gasteiger partial charge in [-0.3, -0.25) is 4.79 Å². The van der Waals surface area contributed by atoms with Crippen molar-refractivity contribution < 1.29 is 4.79 Å². The van der Waals surface area contributed by atoms with Gasteiger partial charge in [-0.15, -0.1) is 0 Å². The number of ketones is 1. The Morgan fingerprint density at radius 2 is 2.00 bits per heavy atom. The maximum Gasteiger partial charge on any atom is 0.168 e. The molecule has 2 fully saturated rings. The molecule has 0 bridgehead atoms. The molecule has 1 spiro atoms. The minimum atomic E-state index is 0.149. The lowest BCUT2D eigenvalue weighted by atomic mass is 9.89. The Labute approximate surface area is 117 Å². The summed E-state index contributed by atoms with van der Waals surface area (Å²) in [6, 6.07) is 5.11. The lowest BCUT2D eigenvalue weighted by Crippen LogP contribution is -2.30. The average molecular weight is 284 g/mol. The lowest BCUT2D eigenvalue weighted by Gasteiger charge is -2.23. The van der Waals surface area contributed by atoms with Gasteiger partial charge in [-0.1, -0.05) is 23.2 Å².